The predicted octanol–water partition coefficient (Wildman–Crippen LogP) is 6.32. The van der Waals surface area contributed by atoms with Crippen LogP contribution in [0, 0.1) is 9.49 Å². The van der Waals surface area contributed by atoms with Gasteiger partial charge in [-0.1, -0.05) is 49.7 Å². The molecule has 0 aliphatic rings. The zero-order valence-corrected chi connectivity index (χ0v) is 15.6. The van der Waals surface area contributed by atoms with Gasteiger partial charge in [0.1, 0.15) is 0 Å². The van der Waals surface area contributed by atoms with E-state index in [1.165, 1.54) is 11.1 Å². The number of nitrogens with one attached hydrogen (secondary N) is 1. The van der Waals surface area contributed by atoms with Gasteiger partial charge in [0, 0.05) is 9.61 Å². The Morgan fingerprint density at radius 1 is 1.05 bits per heavy atom. The van der Waals surface area contributed by atoms with Crippen LogP contribution in [-0.4, -0.2) is 0 Å². The first-order valence-electron chi connectivity index (χ1n) is 7.26. The summed E-state index contributed by atoms with van der Waals surface area (Å²) in [6, 6.07) is 15.2. The molecule has 0 aliphatic heterocycles. The van der Waals surface area contributed by atoms with Gasteiger partial charge in [-0.2, -0.15) is 0 Å². The highest BCUT2D eigenvalue weighted by Crippen LogP contribution is 2.28. The fraction of sp³-hybridized carbons (Fsp3) is 0.333. The Morgan fingerprint density at radius 2 is 1.71 bits per heavy atom. The fourth-order valence-corrected chi connectivity index (χ4v) is 3.25. The standard InChI is InChI=1S/C18H21ClIN/c1-12(2)10-14-4-6-15(7-5-14)13(3)21-18-9-8-16(20)11-17(18)19/h4-9,11-13,21H,10H2,1-3H3. The summed E-state index contributed by atoms with van der Waals surface area (Å²) in [4.78, 5) is 0. The second-order valence-corrected chi connectivity index (χ2v) is 7.48. The van der Waals surface area contributed by atoms with Crippen molar-refractivity contribution >= 4 is 39.9 Å². The maximum atomic E-state index is 6.28. The van der Waals surface area contributed by atoms with Crippen molar-refractivity contribution in [3.8, 4) is 0 Å². The van der Waals surface area contributed by atoms with Gasteiger partial charge in [0.05, 0.1) is 10.7 Å². The second-order valence-electron chi connectivity index (χ2n) is 5.83. The van der Waals surface area contributed by atoms with Crippen LogP contribution < -0.4 is 5.32 Å². The van der Waals surface area contributed by atoms with Crippen LogP contribution >= 0.6 is 34.2 Å². The molecule has 2 aromatic rings. The Bertz CT molecular complexity index is 593. The van der Waals surface area contributed by atoms with Gasteiger partial charge >= 0.3 is 0 Å². The maximum absolute atomic E-state index is 6.28. The minimum atomic E-state index is 0.232. The van der Waals surface area contributed by atoms with E-state index in [1.807, 2.05) is 12.1 Å². The zero-order valence-electron chi connectivity index (χ0n) is 12.7. The predicted molar refractivity (Wildman–Crippen MR) is 101 cm³/mol. The Labute approximate surface area is 146 Å². The van der Waals surface area contributed by atoms with Crippen molar-refractivity contribution in [3.05, 3.63) is 62.2 Å². The lowest BCUT2D eigenvalue weighted by atomic mass is 10.00. The van der Waals surface area contributed by atoms with E-state index in [4.69, 9.17) is 11.6 Å². The van der Waals surface area contributed by atoms with Crippen molar-refractivity contribution in [3.63, 3.8) is 0 Å². The van der Waals surface area contributed by atoms with E-state index in [0.717, 1.165) is 20.7 Å². The lowest BCUT2D eigenvalue weighted by Crippen LogP contribution is -2.07. The number of benzene rings is 2. The first kappa shape index (κ1) is 16.6. The Hall–Kier alpha value is -0.740. The molecule has 0 saturated heterocycles. The van der Waals surface area contributed by atoms with E-state index in [-0.39, 0.29) is 6.04 Å². The highest BCUT2D eigenvalue weighted by molar-refractivity contribution is 14.1. The fourth-order valence-electron chi connectivity index (χ4n) is 2.34. The molecule has 0 radical (unpaired) electrons. The average molecular weight is 414 g/mol. The molecular weight excluding hydrogens is 393 g/mol. The summed E-state index contributed by atoms with van der Waals surface area (Å²) in [6.07, 6.45) is 1.13. The van der Waals surface area contributed by atoms with E-state index in [1.54, 1.807) is 0 Å². The van der Waals surface area contributed by atoms with Crippen LogP contribution in [0.4, 0.5) is 5.69 Å². The molecule has 3 heteroatoms. The number of rotatable bonds is 5. The third-order valence-electron chi connectivity index (χ3n) is 3.43. The van der Waals surface area contributed by atoms with Crippen LogP contribution in [0.5, 0.6) is 0 Å². The molecule has 1 atom stereocenters. The average Bonchev–Trinajstić information content (AvgIpc) is 2.42. The number of hydrogen-bond acceptors (Lipinski definition) is 1. The largest absolute Gasteiger partial charge is 0.377 e. The summed E-state index contributed by atoms with van der Waals surface area (Å²) in [5.41, 5.74) is 3.65. The molecule has 1 unspecified atom stereocenters. The van der Waals surface area contributed by atoms with Crippen molar-refractivity contribution in [2.45, 2.75) is 33.2 Å². The third-order valence-corrected chi connectivity index (χ3v) is 4.41. The molecule has 112 valence electrons. The van der Waals surface area contributed by atoms with Crippen molar-refractivity contribution in [2.75, 3.05) is 5.32 Å². The molecule has 0 heterocycles. The number of halogens is 2. The summed E-state index contributed by atoms with van der Waals surface area (Å²) in [5, 5.41) is 4.25. The number of hydrogen-bond donors (Lipinski definition) is 1. The third kappa shape index (κ3) is 4.89. The molecule has 1 nitrogen and oxygen atoms in total. The zero-order chi connectivity index (χ0) is 15.4. The van der Waals surface area contributed by atoms with Crippen LogP contribution in [0.1, 0.15) is 37.9 Å². The monoisotopic (exact) mass is 413 g/mol. The molecule has 0 amide bonds. The topological polar surface area (TPSA) is 12.0 Å². The van der Waals surface area contributed by atoms with Crippen LogP contribution in [0.25, 0.3) is 0 Å². The lowest BCUT2D eigenvalue weighted by Gasteiger charge is -2.17. The smallest absolute Gasteiger partial charge is 0.0648 e. The Balaban J connectivity index is 2.07. The van der Waals surface area contributed by atoms with Gasteiger partial charge in [-0.05, 0) is 71.2 Å². The highest BCUT2D eigenvalue weighted by atomic mass is 127. The molecule has 0 fully saturated rings. The van der Waals surface area contributed by atoms with Gasteiger partial charge < -0.3 is 5.32 Å². The van der Waals surface area contributed by atoms with Crippen LogP contribution in [-0.2, 0) is 6.42 Å². The van der Waals surface area contributed by atoms with Crippen LogP contribution in [0.2, 0.25) is 5.02 Å². The Morgan fingerprint density at radius 3 is 2.29 bits per heavy atom. The van der Waals surface area contributed by atoms with Gasteiger partial charge in [-0.15, -0.1) is 0 Å². The highest BCUT2D eigenvalue weighted by Gasteiger charge is 2.08. The minimum Gasteiger partial charge on any atom is -0.377 e. The van der Waals surface area contributed by atoms with E-state index >= 15 is 0 Å². The van der Waals surface area contributed by atoms with Crippen LogP contribution in [0.15, 0.2) is 42.5 Å². The molecule has 0 aromatic heterocycles. The molecule has 0 aliphatic carbocycles. The SMILES string of the molecule is CC(C)Cc1ccc(C(C)Nc2ccc(I)cc2Cl)cc1. The second kappa shape index (κ2) is 7.50. The van der Waals surface area contributed by atoms with Crippen LogP contribution in [0.3, 0.4) is 0 Å². The summed E-state index contributed by atoms with van der Waals surface area (Å²) in [5.74, 6) is 0.692. The molecule has 0 spiro atoms. The van der Waals surface area contributed by atoms with E-state index < -0.39 is 0 Å². The van der Waals surface area contributed by atoms with E-state index in [9.17, 15) is 0 Å². The van der Waals surface area contributed by atoms with E-state index in [2.05, 4.69) is 79.0 Å². The van der Waals surface area contributed by atoms with Crippen molar-refractivity contribution < 1.29 is 0 Å². The van der Waals surface area contributed by atoms with E-state index in [0.29, 0.717) is 5.92 Å². The summed E-state index contributed by atoms with van der Waals surface area (Å²) < 4.78 is 1.15. The molecule has 1 N–H and O–H groups in total. The van der Waals surface area contributed by atoms with Crippen molar-refractivity contribution in [1.82, 2.24) is 0 Å². The molecule has 0 bridgehead atoms. The molecule has 2 rings (SSSR count). The minimum absolute atomic E-state index is 0.232. The number of anilines is 1. The first-order valence-corrected chi connectivity index (χ1v) is 8.72. The normalized spacial score (nSPS) is 12.5. The van der Waals surface area contributed by atoms with Crippen molar-refractivity contribution in [1.29, 1.82) is 0 Å². The first-order chi connectivity index (χ1) is 9.95. The molecule has 0 saturated carbocycles. The van der Waals surface area contributed by atoms with Gasteiger partial charge in [0.2, 0.25) is 0 Å². The van der Waals surface area contributed by atoms with Crippen molar-refractivity contribution in [2.24, 2.45) is 5.92 Å². The van der Waals surface area contributed by atoms with Gasteiger partial charge in [-0.3, -0.25) is 0 Å². The lowest BCUT2D eigenvalue weighted by molar-refractivity contribution is 0.647. The van der Waals surface area contributed by atoms with Gasteiger partial charge in [0.25, 0.3) is 0 Å². The quantitative estimate of drug-likeness (QED) is 0.566. The Kier molecular flexibility index (Phi) is 5.94. The maximum Gasteiger partial charge on any atom is 0.0648 e. The molecule has 21 heavy (non-hydrogen) atoms. The summed E-state index contributed by atoms with van der Waals surface area (Å²) in [6.45, 7) is 6.65. The molecule has 2 aromatic carbocycles. The van der Waals surface area contributed by atoms with Gasteiger partial charge in [-0.25, -0.2) is 0 Å². The molecular formula is C18H21ClIN. The van der Waals surface area contributed by atoms with Gasteiger partial charge in [0.15, 0.2) is 0 Å². The summed E-state index contributed by atoms with van der Waals surface area (Å²) >= 11 is 8.54. The summed E-state index contributed by atoms with van der Waals surface area (Å²) in [7, 11) is 0.